The SMILES string of the molecule is Cl.Cl.O=C(NCCC1CCNC1)c1cnc(-c2ncccn2)s1. The lowest BCUT2D eigenvalue weighted by Gasteiger charge is -2.08. The van der Waals surface area contributed by atoms with Crippen molar-refractivity contribution < 1.29 is 4.79 Å². The average Bonchev–Trinajstić information content (AvgIpc) is 3.20. The van der Waals surface area contributed by atoms with Crippen LogP contribution in [0.5, 0.6) is 0 Å². The second-order valence-electron chi connectivity index (χ2n) is 5.01. The number of carbonyl (C=O) groups excluding carboxylic acids is 1. The van der Waals surface area contributed by atoms with Crippen LogP contribution in [-0.2, 0) is 0 Å². The van der Waals surface area contributed by atoms with Gasteiger partial charge >= 0.3 is 0 Å². The average molecular weight is 376 g/mol. The van der Waals surface area contributed by atoms with E-state index < -0.39 is 0 Å². The number of aromatic nitrogens is 3. The minimum absolute atomic E-state index is 0. The molecule has 1 amide bonds. The summed E-state index contributed by atoms with van der Waals surface area (Å²) in [7, 11) is 0. The van der Waals surface area contributed by atoms with Gasteiger partial charge in [-0.15, -0.1) is 36.2 Å². The van der Waals surface area contributed by atoms with Gasteiger partial charge in [0, 0.05) is 18.9 Å². The van der Waals surface area contributed by atoms with E-state index in [4.69, 9.17) is 0 Å². The Kier molecular flexibility index (Phi) is 8.40. The molecule has 126 valence electrons. The first-order chi connectivity index (χ1) is 10.3. The molecule has 0 aliphatic carbocycles. The number of nitrogens with zero attached hydrogens (tertiary/aromatic N) is 3. The molecule has 1 unspecified atom stereocenters. The molecular weight excluding hydrogens is 357 g/mol. The maximum Gasteiger partial charge on any atom is 0.263 e. The third-order valence-corrected chi connectivity index (χ3v) is 4.48. The molecule has 9 heteroatoms. The highest BCUT2D eigenvalue weighted by Gasteiger charge is 2.16. The highest BCUT2D eigenvalue weighted by atomic mass is 35.5. The van der Waals surface area contributed by atoms with Gasteiger partial charge in [0.25, 0.3) is 5.91 Å². The topological polar surface area (TPSA) is 79.8 Å². The fourth-order valence-corrected chi connectivity index (χ4v) is 3.11. The summed E-state index contributed by atoms with van der Waals surface area (Å²) in [6, 6.07) is 1.75. The molecule has 0 spiro atoms. The van der Waals surface area contributed by atoms with Crippen LogP contribution in [0.2, 0.25) is 0 Å². The summed E-state index contributed by atoms with van der Waals surface area (Å²) in [6.45, 7) is 2.86. The molecule has 0 saturated carbocycles. The third-order valence-electron chi connectivity index (χ3n) is 3.49. The van der Waals surface area contributed by atoms with E-state index in [1.807, 2.05) is 0 Å². The van der Waals surface area contributed by atoms with Crippen molar-refractivity contribution >= 4 is 42.1 Å². The Morgan fingerprint density at radius 1 is 1.30 bits per heavy atom. The van der Waals surface area contributed by atoms with Crippen molar-refractivity contribution in [2.45, 2.75) is 12.8 Å². The van der Waals surface area contributed by atoms with Gasteiger partial charge in [-0.1, -0.05) is 0 Å². The van der Waals surface area contributed by atoms with Crippen LogP contribution in [-0.4, -0.2) is 40.5 Å². The lowest BCUT2D eigenvalue weighted by Crippen LogP contribution is -2.25. The van der Waals surface area contributed by atoms with Crippen molar-refractivity contribution in [1.29, 1.82) is 0 Å². The Balaban J connectivity index is 0.00000132. The van der Waals surface area contributed by atoms with Crippen molar-refractivity contribution in [3.8, 4) is 10.8 Å². The molecule has 1 saturated heterocycles. The Labute approximate surface area is 151 Å². The molecule has 1 atom stereocenters. The molecule has 2 N–H and O–H groups in total. The van der Waals surface area contributed by atoms with Gasteiger partial charge < -0.3 is 10.6 Å². The van der Waals surface area contributed by atoms with Crippen molar-refractivity contribution in [3.05, 3.63) is 29.5 Å². The molecule has 1 aliphatic rings. The molecule has 1 aliphatic heterocycles. The van der Waals surface area contributed by atoms with E-state index in [0.29, 0.717) is 28.2 Å². The second kappa shape index (κ2) is 9.77. The fraction of sp³-hybridized carbons (Fsp3) is 0.429. The number of carbonyl (C=O) groups is 1. The van der Waals surface area contributed by atoms with Gasteiger partial charge in [0.2, 0.25) is 0 Å². The fourth-order valence-electron chi connectivity index (χ4n) is 2.33. The molecule has 0 radical (unpaired) electrons. The monoisotopic (exact) mass is 375 g/mol. The van der Waals surface area contributed by atoms with E-state index in [1.165, 1.54) is 17.8 Å². The van der Waals surface area contributed by atoms with Gasteiger partial charge in [-0.25, -0.2) is 15.0 Å². The molecule has 3 rings (SSSR count). The smallest absolute Gasteiger partial charge is 0.263 e. The Morgan fingerprint density at radius 2 is 2.09 bits per heavy atom. The molecule has 2 aromatic heterocycles. The minimum atomic E-state index is -0.0689. The number of hydrogen-bond acceptors (Lipinski definition) is 6. The Hall–Kier alpha value is -1.28. The zero-order chi connectivity index (χ0) is 14.5. The summed E-state index contributed by atoms with van der Waals surface area (Å²) in [6.07, 6.45) is 7.14. The molecule has 1 fully saturated rings. The first-order valence-corrected chi connectivity index (χ1v) is 7.87. The van der Waals surface area contributed by atoms with E-state index in [2.05, 4.69) is 25.6 Å². The maximum absolute atomic E-state index is 12.1. The van der Waals surface area contributed by atoms with Gasteiger partial charge in [-0.3, -0.25) is 4.79 Å². The number of hydrogen-bond donors (Lipinski definition) is 2. The van der Waals surface area contributed by atoms with Crippen LogP contribution in [0.25, 0.3) is 10.8 Å². The number of amides is 1. The quantitative estimate of drug-likeness (QED) is 0.836. The zero-order valence-electron chi connectivity index (χ0n) is 12.4. The van der Waals surface area contributed by atoms with E-state index in [1.54, 1.807) is 24.7 Å². The van der Waals surface area contributed by atoms with E-state index in [0.717, 1.165) is 19.5 Å². The van der Waals surface area contributed by atoms with Crippen LogP contribution < -0.4 is 10.6 Å². The van der Waals surface area contributed by atoms with Gasteiger partial charge in [0.1, 0.15) is 4.88 Å². The summed E-state index contributed by atoms with van der Waals surface area (Å²) >= 11 is 1.32. The first-order valence-electron chi connectivity index (χ1n) is 7.05. The van der Waals surface area contributed by atoms with E-state index >= 15 is 0 Å². The minimum Gasteiger partial charge on any atom is -0.351 e. The van der Waals surface area contributed by atoms with Crippen LogP contribution in [0.4, 0.5) is 0 Å². The predicted octanol–water partition coefficient (Wildman–Crippen LogP) is 2.17. The van der Waals surface area contributed by atoms with Gasteiger partial charge in [0.05, 0.1) is 6.20 Å². The Morgan fingerprint density at radius 3 is 2.78 bits per heavy atom. The van der Waals surface area contributed by atoms with Crippen LogP contribution in [0.1, 0.15) is 22.5 Å². The highest BCUT2D eigenvalue weighted by molar-refractivity contribution is 7.16. The lowest BCUT2D eigenvalue weighted by molar-refractivity contribution is 0.0955. The van der Waals surface area contributed by atoms with Crippen LogP contribution in [0.15, 0.2) is 24.7 Å². The lowest BCUT2D eigenvalue weighted by atomic mass is 10.1. The normalized spacial score (nSPS) is 16.3. The van der Waals surface area contributed by atoms with Gasteiger partial charge in [-0.05, 0) is 37.9 Å². The predicted molar refractivity (Wildman–Crippen MR) is 95.6 cm³/mol. The van der Waals surface area contributed by atoms with Crippen LogP contribution in [0, 0.1) is 5.92 Å². The van der Waals surface area contributed by atoms with Gasteiger partial charge in [0.15, 0.2) is 10.8 Å². The summed E-state index contributed by atoms with van der Waals surface area (Å²) in [4.78, 5) is 25.1. The largest absolute Gasteiger partial charge is 0.351 e. The molecule has 0 bridgehead atoms. The van der Waals surface area contributed by atoms with E-state index in [9.17, 15) is 4.79 Å². The molecular formula is C14H19Cl2N5OS. The van der Waals surface area contributed by atoms with Crippen molar-refractivity contribution in [3.63, 3.8) is 0 Å². The standard InChI is InChI=1S/C14H17N5OS.2ClH/c20-13(18-7-3-10-2-6-15-8-10)11-9-19-14(21-11)12-16-4-1-5-17-12;;/h1,4-5,9-10,15H,2-3,6-8H2,(H,18,20);2*1H. The number of thiazole rings is 1. The first kappa shape index (κ1) is 19.8. The number of rotatable bonds is 5. The summed E-state index contributed by atoms with van der Waals surface area (Å²) < 4.78 is 0. The third kappa shape index (κ3) is 5.39. The molecule has 23 heavy (non-hydrogen) atoms. The van der Waals surface area contributed by atoms with Crippen molar-refractivity contribution in [2.24, 2.45) is 5.92 Å². The molecule has 2 aromatic rings. The van der Waals surface area contributed by atoms with Crippen molar-refractivity contribution in [2.75, 3.05) is 19.6 Å². The molecule has 0 aromatic carbocycles. The Bertz CT molecular complexity index is 604. The van der Waals surface area contributed by atoms with Crippen molar-refractivity contribution in [1.82, 2.24) is 25.6 Å². The highest BCUT2D eigenvalue weighted by Crippen LogP contribution is 2.21. The second-order valence-corrected chi connectivity index (χ2v) is 6.04. The molecule has 6 nitrogen and oxygen atoms in total. The van der Waals surface area contributed by atoms with E-state index in [-0.39, 0.29) is 30.7 Å². The maximum atomic E-state index is 12.1. The van der Waals surface area contributed by atoms with Crippen LogP contribution in [0.3, 0.4) is 0 Å². The molecule has 3 heterocycles. The number of nitrogens with one attached hydrogen (secondary N) is 2. The summed E-state index contributed by atoms with van der Waals surface area (Å²) in [5.41, 5.74) is 0. The van der Waals surface area contributed by atoms with Crippen LogP contribution >= 0.6 is 36.2 Å². The number of halogens is 2. The summed E-state index contributed by atoms with van der Waals surface area (Å²) in [5.74, 6) is 1.17. The van der Waals surface area contributed by atoms with Gasteiger partial charge in [-0.2, -0.15) is 0 Å². The summed E-state index contributed by atoms with van der Waals surface area (Å²) in [5, 5.41) is 6.95. The zero-order valence-corrected chi connectivity index (χ0v) is 14.8.